The topological polar surface area (TPSA) is 175 Å². The average Bonchev–Trinajstić information content (AvgIpc) is 3.64. The van der Waals surface area contributed by atoms with Gasteiger partial charge in [-0.3, -0.25) is 14.4 Å². The lowest BCUT2D eigenvalue weighted by atomic mass is 9.94. The highest BCUT2D eigenvalue weighted by molar-refractivity contribution is 7.98. The van der Waals surface area contributed by atoms with Gasteiger partial charge in [0.15, 0.2) is 6.10 Å². The second-order valence-corrected chi connectivity index (χ2v) is 12.1. The Labute approximate surface area is 275 Å². The minimum atomic E-state index is -1.65. The van der Waals surface area contributed by atoms with E-state index in [0.29, 0.717) is 22.0 Å². The number of carbonyl (C=O) groups is 3. The van der Waals surface area contributed by atoms with E-state index in [1.807, 2.05) is 80.8 Å². The van der Waals surface area contributed by atoms with E-state index in [1.165, 1.54) is 11.8 Å². The molecule has 0 unspecified atom stereocenters. The summed E-state index contributed by atoms with van der Waals surface area (Å²) < 4.78 is 0. The Kier molecular flexibility index (Phi) is 10.4. The maximum absolute atomic E-state index is 13.7. The molecule has 0 aliphatic rings. The molecule has 0 saturated carbocycles. The van der Waals surface area contributed by atoms with E-state index in [9.17, 15) is 19.5 Å². The molecule has 0 saturated heterocycles. The first-order valence-corrected chi connectivity index (χ1v) is 16.0. The van der Waals surface area contributed by atoms with E-state index in [4.69, 9.17) is 0 Å². The molecule has 0 bridgehead atoms. The van der Waals surface area contributed by atoms with Crippen molar-refractivity contribution >= 4 is 35.2 Å². The number of pyridine rings is 1. The molecule has 2 atom stereocenters. The molecule has 47 heavy (non-hydrogen) atoms. The molecular formula is C34H34N8O4S. The summed E-state index contributed by atoms with van der Waals surface area (Å²) in [5, 5.41) is 33.6. The lowest BCUT2D eigenvalue weighted by molar-refractivity contribution is -0.125. The van der Waals surface area contributed by atoms with E-state index < -0.39 is 35.4 Å². The van der Waals surface area contributed by atoms with Crippen LogP contribution in [-0.4, -0.2) is 66.8 Å². The zero-order valence-corrected chi connectivity index (χ0v) is 26.8. The number of hydrogen-bond donors (Lipinski definition) is 5. The van der Waals surface area contributed by atoms with Crippen molar-refractivity contribution in [1.82, 2.24) is 36.2 Å². The number of hydrogen-bond acceptors (Lipinski definition) is 9. The third kappa shape index (κ3) is 8.45. The van der Waals surface area contributed by atoms with Gasteiger partial charge in [-0.15, -0.1) is 22.0 Å². The number of amides is 3. The maximum atomic E-state index is 13.7. The van der Waals surface area contributed by atoms with Gasteiger partial charge >= 0.3 is 0 Å². The Morgan fingerprint density at radius 3 is 2.23 bits per heavy atom. The Hall–Kier alpha value is -5.40. The second kappa shape index (κ2) is 14.8. The summed E-state index contributed by atoms with van der Waals surface area (Å²) in [4.78, 5) is 45.4. The monoisotopic (exact) mass is 650 g/mol. The molecule has 12 nitrogen and oxygen atoms in total. The first-order chi connectivity index (χ1) is 22.6. The van der Waals surface area contributed by atoms with Gasteiger partial charge in [-0.25, -0.2) is 4.98 Å². The molecule has 0 spiro atoms. The highest BCUT2D eigenvalue weighted by atomic mass is 32.2. The quantitative estimate of drug-likeness (QED) is 0.125. The van der Waals surface area contributed by atoms with Crippen LogP contribution in [0, 0.1) is 0 Å². The molecule has 2 aromatic heterocycles. The minimum absolute atomic E-state index is 0.0296. The Morgan fingerprint density at radius 2 is 1.57 bits per heavy atom. The van der Waals surface area contributed by atoms with Crippen LogP contribution < -0.4 is 16.0 Å². The van der Waals surface area contributed by atoms with Crippen molar-refractivity contribution in [2.24, 2.45) is 0 Å². The summed E-state index contributed by atoms with van der Waals surface area (Å²) in [6.45, 7) is 3.77. The van der Waals surface area contributed by atoms with Crippen LogP contribution in [0.1, 0.15) is 46.0 Å². The first-order valence-electron chi connectivity index (χ1n) is 14.7. The van der Waals surface area contributed by atoms with Crippen LogP contribution in [0.5, 0.6) is 0 Å². The van der Waals surface area contributed by atoms with Crippen molar-refractivity contribution in [2.75, 3.05) is 11.6 Å². The van der Waals surface area contributed by atoms with Crippen molar-refractivity contribution in [3.8, 4) is 11.4 Å². The number of thioether (sulfide) groups is 1. The lowest BCUT2D eigenvalue weighted by Gasteiger charge is -2.27. The number of carbonyl (C=O) groups excluding carboxylic acids is 3. The Morgan fingerprint density at radius 1 is 0.894 bits per heavy atom. The third-order valence-corrected chi connectivity index (χ3v) is 8.13. The van der Waals surface area contributed by atoms with Crippen molar-refractivity contribution in [3.05, 3.63) is 120 Å². The number of H-pyrrole nitrogens is 1. The van der Waals surface area contributed by atoms with Gasteiger partial charge in [-0.05, 0) is 67.1 Å². The molecular weight excluding hydrogens is 616 g/mol. The zero-order valence-electron chi connectivity index (χ0n) is 26.0. The van der Waals surface area contributed by atoms with Gasteiger partial charge in [0.25, 0.3) is 17.7 Å². The summed E-state index contributed by atoms with van der Waals surface area (Å²) in [5.41, 5.74) is 2.02. The predicted molar refractivity (Wildman–Crippen MR) is 179 cm³/mol. The first kappa shape index (κ1) is 33.0. The summed E-state index contributed by atoms with van der Waals surface area (Å²) in [7, 11) is 0. The van der Waals surface area contributed by atoms with Crippen molar-refractivity contribution in [2.45, 2.75) is 42.8 Å². The molecule has 3 aromatic carbocycles. The van der Waals surface area contributed by atoms with Crippen LogP contribution in [0.4, 0.5) is 5.69 Å². The molecule has 5 aromatic rings. The van der Waals surface area contributed by atoms with E-state index >= 15 is 0 Å². The Balaban J connectivity index is 1.36. The molecule has 240 valence electrons. The number of aliphatic hydroxyl groups excluding tert-OH is 1. The maximum Gasteiger partial charge on any atom is 0.270 e. The molecule has 13 heteroatoms. The van der Waals surface area contributed by atoms with Gasteiger partial charge in [-0.1, -0.05) is 72.8 Å². The summed E-state index contributed by atoms with van der Waals surface area (Å²) in [5.74, 6) is -1.49. The van der Waals surface area contributed by atoms with Gasteiger partial charge in [0.05, 0.1) is 11.6 Å². The number of tetrazole rings is 1. The summed E-state index contributed by atoms with van der Waals surface area (Å²) >= 11 is 1.35. The molecule has 5 N–H and O–H groups in total. The van der Waals surface area contributed by atoms with Gasteiger partial charge in [-0.2, -0.15) is 5.21 Å². The van der Waals surface area contributed by atoms with Crippen molar-refractivity contribution in [1.29, 1.82) is 0 Å². The number of nitrogens with one attached hydrogen (secondary N) is 4. The normalized spacial score (nSPS) is 12.5. The fraction of sp³-hybridized carbons (Fsp3) is 0.206. The third-order valence-electron chi connectivity index (χ3n) is 7.42. The van der Waals surface area contributed by atoms with Gasteiger partial charge in [0.2, 0.25) is 5.82 Å². The standard InChI is InChI=1S/C34H34N8O4S/c1-34(2,23-14-8-5-9-15-23)38-32(45)28-20-25(47-3)19-27(36-28)31(44)37-26(17-21-11-6-4-7-12-21)29(43)33(46)35-24-16-10-13-22(18-24)30-39-41-42-40-30/h4-16,18-20,26,29,43H,17H2,1-3H3,(H,35,46)(H,37,44)(H,38,45)(H,39,40,41,42)/t26-,29-/m0/s1. The molecule has 5 rings (SSSR count). The molecule has 2 heterocycles. The number of nitrogens with zero attached hydrogens (tertiary/aromatic N) is 4. The van der Waals surface area contributed by atoms with Gasteiger partial charge in [0, 0.05) is 16.1 Å². The molecule has 0 aliphatic carbocycles. The van der Waals surface area contributed by atoms with Gasteiger partial charge < -0.3 is 21.1 Å². The molecule has 0 fully saturated rings. The largest absolute Gasteiger partial charge is 0.381 e. The molecule has 0 aliphatic heterocycles. The number of aromatic nitrogens is 5. The van der Waals surface area contributed by atoms with Crippen LogP contribution in [-0.2, 0) is 16.8 Å². The van der Waals surface area contributed by atoms with E-state index in [1.54, 1.807) is 36.4 Å². The van der Waals surface area contributed by atoms with Crippen LogP contribution >= 0.6 is 11.8 Å². The number of anilines is 1. The zero-order chi connectivity index (χ0) is 33.4. The number of rotatable bonds is 12. The number of aromatic amines is 1. The van der Waals surface area contributed by atoms with Crippen molar-refractivity contribution < 1.29 is 19.5 Å². The van der Waals surface area contributed by atoms with E-state index in [0.717, 1.165) is 11.1 Å². The summed E-state index contributed by atoms with van der Waals surface area (Å²) in [6, 6.07) is 27.6. The highest BCUT2D eigenvalue weighted by Crippen LogP contribution is 2.23. The number of benzene rings is 3. The smallest absolute Gasteiger partial charge is 0.270 e. The average molecular weight is 651 g/mol. The number of aliphatic hydroxyl groups is 1. The minimum Gasteiger partial charge on any atom is -0.381 e. The SMILES string of the molecule is CSc1cc(C(=O)N[C@@H](Cc2ccccc2)[C@H](O)C(=O)Nc2cccc(-c3nn[nH]n3)c2)nc(C(=O)NC(C)(C)c2ccccc2)c1. The fourth-order valence-electron chi connectivity index (χ4n) is 4.90. The Bertz CT molecular complexity index is 1840. The van der Waals surface area contributed by atoms with E-state index in [-0.39, 0.29) is 17.8 Å². The van der Waals surface area contributed by atoms with Crippen LogP contribution in [0.25, 0.3) is 11.4 Å². The van der Waals surface area contributed by atoms with Gasteiger partial charge in [0.1, 0.15) is 11.4 Å². The fourth-order valence-corrected chi connectivity index (χ4v) is 5.36. The molecule has 3 amide bonds. The summed E-state index contributed by atoms with van der Waals surface area (Å²) in [6.07, 6.45) is 0.323. The molecule has 0 radical (unpaired) electrons. The highest BCUT2D eigenvalue weighted by Gasteiger charge is 2.30. The van der Waals surface area contributed by atoms with Crippen molar-refractivity contribution in [3.63, 3.8) is 0 Å². The van der Waals surface area contributed by atoms with Crippen LogP contribution in [0.2, 0.25) is 0 Å². The lowest BCUT2D eigenvalue weighted by Crippen LogP contribution is -2.50. The van der Waals surface area contributed by atoms with Crippen LogP contribution in [0.15, 0.2) is 102 Å². The van der Waals surface area contributed by atoms with E-state index in [2.05, 4.69) is 41.6 Å². The predicted octanol–water partition coefficient (Wildman–Crippen LogP) is 3.99. The van der Waals surface area contributed by atoms with Crippen LogP contribution in [0.3, 0.4) is 0 Å². The second-order valence-electron chi connectivity index (χ2n) is 11.2.